The van der Waals surface area contributed by atoms with Crippen molar-refractivity contribution in [3.8, 4) is 11.3 Å². The zero-order valence-electron chi connectivity index (χ0n) is 15.5. The third-order valence-corrected chi connectivity index (χ3v) is 4.64. The molecule has 0 amide bonds. The highest BCUT2D eigenvalue weighted by Gasteiger charge is 2.21. The summed E-state index contributed by atoms with van der Waals surface area (Å²) in [6.07, 6.45) is 3.89. The van der Waals surface area contributed by atoms with E-state index in [1.54, 1.807) is 7.11 Å². The van der Waals surface area contributed by atoms with Crippen molar-refractivity contribution in [2.75, 3.05) is 44.9 Å². The van der Waals surface area contributed by atoms with Crippen LogP contribution in [0.5, 0.6) is 0 Å². The molecule has 1 fully saturated rings. The molecular weight excluding hydrogens is 332 g/mol. The molecule has 1 saturated heterocycles. The van der Waals surface area contributed by atoms with Gasteiger partial charge in [0.25, 0.3) is 0 Å². The average molecular weight is 356 g/mol. The Morgan fingerprint density at radius 2 is 2.04 bits per heavy atom. The highest BCUT2D eigenvalue weighted by atomic mass is 16.5. The zero-order chi connectivity index (χ0) is 18.1. The second kappa shape index (κ2) is 7.05. The highest BCUT2D eigenvalue weighted by Crippen LogP contribution is 2.29. The van der Waals surface area contributed by atoms with Gasteiger partial charge in [0.15, 0.2) is 5.65 Å². The molecule has 0 aliphatic carbocycles. The van der Waals surface area contributed by atoms with Crippen LogP contribution in [0.3, 0.4) is 0 Å². The number of aromatic nitrogens is 5. The van der Waals surface area contributed by atoms with Crippen LogP contribution >= 0.6 is 0 Å². The number of anilines is 1. The molecule has 3 aromatic rings. The van der Waals surface area contributed by atoms with Crippen molar-refractivity contribution < 1.29 is 9.47 Å². The van der Waals surface area contributed by atoms with E-state index < -0.39 is 0 Å². The fraction of sp³-hybridized carbons (Fsp3) is 0.500. The number of nitrogens with zero attached hydrogens (tertiary/aromatic N) is 6. The number of hydrogen-bond acceptors (Lipinski definition) is 6. The summed E-state index contributed by atoms with van der Waals surface area (Å²) in [5, 5.41) is 9.17. The largest absolute Gasteiger partial charge is 0.383 e. The van der Waals surface area contributed by atoms with Gasteiger partial charge in [-0.05, 0) is 19.9 Å². The Kier molecular flexibility index (Phi) is 4.60. The monoisotopic (exact) mass is 356 g/mol. The maximum atomic E-state index is 5.49. The molecule has 1 aliphatic heterocycles. The molecule has 1 aliphatic rings. The summed E-state index contributed by atoms with van der Waals surface area (Å²) in [6.45, 7) is 8.62. The Morgan fingerprint density at radius 1 is 1.23 bits per heavy atom. The minimum Gasteiger partial charge on any atom is -0.383 e. The van der Waals surface area contributed by atoms with Crippen molar-refractivity contribution in [1.82, 2.24) is 24.4 Å². The Hall–Kier alpha value is -2.45. The van der Waals surface area contributed by atoms with E-state index in [1.165, 1.54) is 0 Å². The molecule has 26 heavy (non-hydrogen) atoms. The lowest BCUT2D eigenvalue weighted by Crippen LogP contribution is -2.36. The van der Waals surface area contributed by atoms with E-state index in [2.05, 4.69) is 16.1 Å². The van der Waals surface area contributed by atoms with Crippen molar-refractivity contribution in [2.24, 2.45) is 0 Å². The molecule has 0 N–H and O–H groups in total. The number of ether oxygens (including phenoxy) is 2. The summed E-state index contributed by atoms with van der Waals surface area (Å²) in [6, 6.07) is 2.11. The van der Waals surface area contributed by atoms with Crippen molar-refractivity contribution >= 4 is 11.3 Å². The van der Waals surface area contributed by atoms with Crippen LogP contribution in [0.1, 0.15) is 11.4 Å². The topological polar surface area (TPSA) is 69.7 Å². The number of fused-ring (bicyclic) bond motifs is 1. The molecule has 4 heterocycles. The molecule has 0 aromatic carbocycles. The predicted octanol–water partition coefficient (Wildman–Crippen LogP) is 1.69. The molecule has 0 atom stereocenters. The fourth-order valence-electron chi connectivity index (χ4n) is 3.39. The SMILES string of the molecule is COCCn1cc(-c2c(C)nc3c(N4CCOCC4)cc(C)nn23)cn1. The molecule has 0 unspecified atom stereocenters. The van der Waals surface area contributed by atoms with Gasteiger partial charge in [-0.25, -0.2) is 9.50 Å². The molecular formula is C18H24N6O2. The number of imidazole rings is 1. The van der Waals surface area contributed by atoms with Gasteiger partial charge >= 0.3 is 0 Å². The Bertz CT molecular complexity index is 910. The summed E-state index contributed by atoms with van der Waals surface area (Å²) >= 11 is 0. The third kappa shape index (κ3) is 3.06. The van der Waals surface area contributed by atoms with E-state index in [4.69, 9.17) is 19.6 Å². The summed E-state index contributed by atoms with van der Waals surface area (Å²) in [7, 11) is 1.69. The van der Waals surface area contributed by atoms with Crippen LogP contribution in [0.25, 0.3) is 16.9 Å². The summed E-state index contributed by atoms with van der Waals surface area (Å²) in [5.74, 6) is 0. The van der Waals surface area contributed by atoms with Gasteiger partial charge in [-0.15, -0.1) is 0 Å². The minimum atomic E-state index is 0.631. The van der Waals surface area contributed by atoms with E-state index in [9.17, 15) is 0 Å². The van der Waals surface area contributed by atoms with Gasteiger partial charge in [-0.1, -0.05) is 0 Å². The summed E-state index contributed by atoms with van der Waals surface area (Å²) < 4.78 is 14.5. The van der Waals surface area contributed by atoms with Crippen LogP contribution in [0.15, 0.2) is 18.5 Å². The lowest BCUT2D eigenvalue weighted by Gasteiger charge is -2.29. The van der Waals surface area contributed by atoms with Gasteiger partial charge in [0.1, 0.15) is 0 Å². The summed E-state index contributed by atoms with van der Waals surface area (Å²) in [4.78, 5) is 7.16. The van der Waals surface area contributed by atoms with Crippen molar-refractivity contribution in [2.45, 2.75) is 20.4 Å². The summed E-state index contributed by atoms with van der Waals surface area (Å²) in [5.41, 5.74) is 5.91. The quantitative estimate of drug-likeness (QED) is 0.693. The fourth-order valence-corrected chi connectivity index (χ4v) is 3.39. The molecule has 8 nitrogen and oxygen atoms in total. The van der Waals surface area contributed by atoms with Crippen LogP contribution < -0.4 is 4.90 Å². The van der Waals surface area contributed by atoms with E-state index in [0.29, 0.717) is 6.61 Å². The van der Waals surface area contributed by atoms with Crippen LogP contribution in [0.4, 0.5) is 5.69 Å². The Labute approximate surface area is 152 Å². The molecule has 8 heteroatoms. The van der Waals surface area contributed by atoms with Crippen LogP contribution in [-0.2, 0) is 16.0 Å². The van der Waals surface area contributed by atoms with E-state index in [-0.39, 0.29) is 0 Å². The van der Waals surface area contributed by atoms with Gasteiger partial charge in [-0.2, -0.15) is 10.2 Å². The standard InChI is InChI=1S/C18H24N6O2/c1-13-10-16(22-4-8-26-9-5-22)18-20-14(2)17(24(18)21-13)15-11-19-23(12-15)6-7-25-3/h10-12H,4-9H2,1-3H3. The van der Waals surface area contributed by atoms with Gasteiger partial charge < -0.3 is 14.4 Å². The first-order chi connectivity index (χ1) is 12.7. The van der Waals surface area contributed by atoms with Crippen molar-refractivity contribution in [3.63, 3.8) is 0 Å². The van der Waals surface area contributed by atoms with Crippen LogP contribution in [0, 0.1) is 13.8 Å². The number of morpholine rings is 1. The van der Waals surface area contributed by atoms with E-state index in [0.717, 1.165) is 66.8 Å². The molecule has 0 bridgehead atoms. The van der Waals surface area contributed by atoms with E-state index >= 15 is 0 Å². The van der Waals surface area contributed by atoms with Gasteiger partial charge in [0.05, 0.1) is 55.3 Å². The van der Waals surface area contributed by atoms with Crippen LogP contribution in [0.2, 0.25) is 0 Å². The highest BCUT2D eigenvalue weighted by molar-refractivity contribution is 5.75. The minimum absolute atomic E-state index is 0.631. The molecule has 3 aromatic heterocycles. The van der Waals surface area contributed by atoms with Crippen molar-refractivity contribution in [1.29, 1.82) is 0 Å². The third-order valence-electron chi connectivity index (χ3n) is 4.64. The van der Waals surface area contributed by atoms with Crippen molar-refractivity contribution in [3.05, 3.63) is 29.8 Å². The first-order valence-corrected chi connectivity index (χ1v) is 8.89. The molecule has 0 radical (unpaired) electrons. The maximum Gasteiger partial charge on any atom is 0.178 e. The second-order valence-electron chi connectivity index (χ2n) is 6.54. The molecule has 138 valence electrons. The lowest BCUT2D eigenvalue weighted by molar-refractivity contribution is 0.123. The smallest absolute Gasteiger partial charge is 0.178 e. The predicted molar refractivity (Wildman–Crippen MR) is 98.6 cm³/mol. The van der Waals surface area contributed by atoms with E-state index in [1.807, 2.05) is 35.4 Å². The lowest BCUT2D eigenvalue weighted by atomic mass is 10.2. The number of aryl methyl sites for hydroxylation is 2. The Morgan fingerprint density at radius 3 is 2.81 bits per heavy atom. The number of methoxy groups -OCH3 is 1. The van der Waals surface area contributed by atoms with Gasteiger partial charge in [-0.3, -0.25) is 4.68 Å². The second-order valence-corrected chi connectivity index (χ2v) is 6.54. The average Bonchev–Trinajstić information content (AvgIpc) is 3.23. The normalized spacial score (nSPS) is 15.1. The van der Waals surface area contributed by atoms with Gasteiger partial charge in [0, 0.05) is 32.0 Å². The number of hydrogen-bond donors (Lipinski definition) is 0. The molecule has 0 saturated carbocycles. The van der Waals surface area contributed by atoms with Crippen LogP contribution in [-0.4, -0.2) is 64.4 Å². The first kappa shape index (κ1) is 17.0. The molecule has 4 rings (SSSR count). The first-order valence-electron chi connectivity index (χ1n) is 8.89. The molecule has 0 spiro atoms. The maximum absolute atomic E-state index is 5.49. The Balaban J connectivity index is 1.79. The zero-order valence-corrected chi connectivity index (χ0v) is 15.5. The van der Waals surface area contributed by atoms with Gasteiger partial charge in [0.2, 0.25) is 0 Å². The number of rotatable bonds is 5.